The highest BCUT2D eigenvalue weighted by molar-refractivity contribution is 7.14. The Hall–Kier alpha value is -1.39. The van der Waals surface area contributed by atoms with E-state index in [-0.39, 0.29) is 0 Å². The number of hydrogen-bond acceptors (Lipinski definition) is 4. The van der Waals surface area contributed by atoms with Crippen molar-refractivity contribution in [3.63, 3.8) is 0 Å². The zero-order valence-electron chi connectivity index (χ0n) is 10.1. The highest BCUT2D eigenvalue weighted by Crippen LogP contribution is 2.25. The number of rotatable bonds is 4. The molecule has 3 N–H and O–H groups in total. The molecule has 0 aliphatic carbocycles. The second-order valence-corrected chi connectivity index (χ2v) is 5.10. The van der Waals surface area contributed by atoms with E-state index in [1.807, 2.05) is 12.1 Å². The van der Waals surface area contributed by atoms with Crippen molar-refractivity contribution in [1.29, 1.82) is 0 Å². The molecule has 0 atom stereocenters. The Kier molecular flexibility index (Phi) is 3.76. The monoisotopic (exact) mass is 247 g/mol. The van der Waals surface area contributed by atoms with Crippen LogP contribution in [0.15, 0.2) is 29.6 Å². The van der Waals surface area contributed by atoms with Crippen molar-refractivity contribution in [3.05, 3.63) is 35.2 Å². The van der Waals surface area contributed by atoms with Crippen LogP contribution < -0.4 is 11.1 Å². The molecule has 1 aromatic heterocycles. The first-order valence-electron chi connectivity index (χ1n) is 5.70. The van der Waals surface area contributed by atoms with Crippen LogP contribution in [0.3, 0.4) is 0 Å². The molecule has 0 aliphatic rings. The zero-order chi connectivity index (χ0) is 12.3. The number of nitrogens with two attached hydrogens (primary N) is 1. The van der Waals surface area contributed by atoms with E-state index < -0.39 is 0 Å². The predicted octanol–water partition coefficient (Wildman–Crippen LogP) is 3.09. The minimum absolute atomic E-state index is 0.411. The first-order valence-corrected chi connectivity index (χ1v) is 6.58. The third-order valence-corrected chi connectivity index (χ3v) is 3.18. The molecule has 3 nitrogen and oxygen atoms in total. The van der Waals surface area contributed by atoms with E-state index >= 15 is 0 Å². The van der Waals surface area contributed by atoms with Gasteiger partial charge in [-0.1, -0.05) is 24.3 Å². The van der Waals surface area contributed by atoms with Gasteiger partial charge < -0.3 is 11.1 Å². The molecule has 0 amide bonds. The summed E-state index contributed by atoms with van der Waals surface area (Å²) in [6.07, 6.45) is 0. The van der Waals surface area contributed by atoms with E-state index in [0.717, 1.165) is 22.0 Å². The molecule has 17 heavy (non-hydrogen) atoms. The maximum Gasteiger partial charge on any atom is 0.183 e. The van der Waals surface area contributed by atoms with Gasteiger partial charge in [-0.3, -0.25) is 0 Å². The Morgan fingerprint density at radius 2 is 2.00 bits per heavy atom. The van der Waals surface area contributed by atoms with Gasteiger partial charge in [0.15, 0.2) is 5.13 Å². The quantitative estimate of drug-likeness (QED) is 0.873. The van der Waals surface area contributed by atoms with Crippen molar-refractivity contribution < 1.29 is 0 Å². The van der Waals surface area contributed by atoms with Crippen molar-refractivity contribution in [2.75, 3.05) is 5.32 Å². The van der Waals surface area contributed by atoms with Gasteiger partial charge in [-0.15, -0.1) is 11.3 Å². The molecule has 0 radical (unpaired) electrons. The summed E-state index contributed by atoms with van der Waals surface area (Å²) in [6, 6.07) is 8.63. The number of benzene rings is 1. The highest BCUT2D eigenvalue weighted by Gasteiger charge is 2.05. The van der Waals surface area contributed by atoms with Gasteiger partial charge in [0, 0.05) is 23.5 Å². The van der Waals surface area contributed by atoms with Crippen LogP contribution in [0.2, 0.25) is 0 Å². The summed E-state index contributed by atoms with van der Waals surface area (Å²) >= 11 is 1.64. The topological polar surface area (TPSA) is 50.9 Å². The lowest BCUT2D eigenvalue weighted by atomic mass is 10.1. The maximum atomic E-state index is 5.57. The molecule has 0 saturated heterocycles. The van der Waals surface area contributed by atoms with Crippen LogP contribution in [0.4, 0.5) is 5.13 Å². The van der Waals surface area contributed by atoms with Crippen LogP contribution in [0.5, 0.6) is 0 Å². The molecule has 0 bridgehead atoms. The number of hydrogen-bond donors (Lipinski definition) is 2. The lowest BCUT2D eigenvalue weighted by Gasteiger charge is -2.04. The second-order valence-electron chi connectivity index (χ2n) is 4.24. The molecule has 90 valence electrons. The third-order valence-electron chi connectivity index (χ3n) is 2.40. The summed E-state index contributed by atoms with van der Waals surface area (Å²) in [6.45, 7) is 4.80. The summed E-state index contributed by atoms with van der Waals surface area (Å²) < 4.78 is 0. The van der Waals surface area contributed by atoms with Gasteiger partial charge in [-0.2, -0.15) is 0 Å². The van der Waals surface area contributed by atoms with Crippen molar-refractivity contribution >= 4 is 16.5 Å². The minimum atomic E-state index is 0.411. The van der Waals surface area contributed by atoms with Crippen LogP contribution in [-0.4, -0.2) is 11.0 Å². The largest absolute Gasteiger partial charge is 0.359 e. The molecule has 1 heterocycles. The zero-order valence-corrected chi connectivity index (χ0v) is 10.9. The molecule has 4 heteroatoms. The first-order chi connectivity index (χ1) is 8.19. The van der Waals surface area contributed by atoms with Crippen LogP contribution in [-0.2, 0) is 6.54 Å². The fourth-order valence-electron chi connectivity index (χ4n) is 1.53. The van der Waals surface area contributed by atoms with E-state index in [4.69, 9.17) is 5.73 Å². The molecule has 0 fully saturated rings. The van der Waals surface area contributed by atoms with Gasteiger partial charge in [-0.05, 0) is 19.4 Å². The number of anilines is 1. The van der Waals surface area contributed by atoms with E-state index in [0.29, 0.717) is 12.6 Å². The fraction of sp³-hybridized carbons (Fsp3) is 0.308. The van der Waals surface area contributed by atoms with Gasteiger partial charge in [0.1, 0.15) is 0 Å². The molecule has 0 unspecified atom stereocenters. The lowest BCUT2D eigenvalue weighted by molar-refractivity contribution is 0.897. The number of aromatic nitrogens is 1. The average Bonchev–Trinajstić information content (AvgIpc) is 2.77. The molecular formula is C13H17N3S. The molecule has 0 aliphatic heterocycles. The summed E-state index contributed by atoms with van der Waals surface area (Å²) in [5.74, 6) is 0. The van der Waals surface area contributed by atoms with Crippen molar-refractivity contribution in [1.82, 2.24) is 4.98 Å². The van der Waals surface area contributed by atoms with E-state index in [2.05, 4.69) is 41.7 Å². The smallest absolute Gasteiger partial charge is 0.183 e. The Bertz CT molecular complexity index is 474. The molecule has 0 spiro atoms. The molecule has 1 aromatic carbocycles. The molecule has 2 rings (SSSR count). The van der Waals surface area contributed by atoms with Crippen molar-refractivity contribution in [3.8, 4) is 11.3 Å². The van der Waals surface area contributed by atoms with E-state index in [1.54, 1.807) is 11.3 Å². The average molecular weight is 247 g/mol. The fourth-order valence-corrected chi connectivity index (χ4v) is 2.40. The first kappa shape index (κ1) is 12.1. The Balaban J connectivity index is 2.18. The van der Waals surface area contributed by atoms with Crippen LogP contribution >= 0.6 is 11.3 Å². The number of nitrogens with one attached hydrogen (secondary N) is 1. The van der Waals surface area contributed by atoms with Crippen molar-refractivity contribution in [2.24, 2.45) is 5.73 Å². The molecular weight excluding hydrogens is 230 g/mol. The normalized spacial score (nSPS) is 10.8. The van der Waals surface area contributed by atoms with Gasteiger partial charge in [0.25, 0.3) is 0 Å². The second kappa shape index (κ2) is 5.29. The van der Waals surface area contributed by atoms with Crippen LogP contribution in [0.1, 0.15) is 19.4 Å². The van der Waals surface area contributed by atoms with Crippen molar-refractivity contribution in [2.45, 2.75) is 26.4 Å². The van der Waals surface area contributed by atoms with Gasteiger partial charge in [-0.25, -0.2) is 4.98 Å². The van der Waals surface area contributed by atoms with Gasteiger partial charge >= 0.3 is 0 Å². The standard InChI is InChI=1S/C13H17N3S/c1-9(2)15-13-16-12(8-17-13)11-5-3-10(7-14)4-6-11/h3-6,8-9H,7,14H2,1-2H3,(H,15,16). The minimum Gasteiger partial charge on any atom is -0.359 e. The Morgan fingerprint density at radius 3 is 2.59 bits per heavy atom. The number of nitrogens with zero attached hydrogens (tertiary/aromatic N) is 1. The number of thiazole rings is 1. The Labute approximate surface area is 106 Å². The lowest BCUT2D eigenvalue weighted by Crippen LogP contribution is -2.08. The van der Waals surface area contributed by atoms with E-state index in [9.17, 15) is 0 Å². The highest BCUT2D eigenvalue weighted by atomic mass is 32.1. The molecule has 0 saturated carbocycles. The van der Waals surface area contributed by atoms with Crippen LogP contribution in [0.25, 0.3) is 11.3 Å². The SMILES string of the molecule is CC(C)Nc1nc(-c2ccc(CN)cc2)cs1. The summed E-state index contributed by atoms with van der Waals surface area (Å²) in [7, 11) is 0. The summed E-state index contributed by atoms with van der Waals surface area (Å²) in [5, 5.41) is 6.35. The van der Waals surface area contributed by atoms with Crippen LogP contribution in [0, 0.1) is 0 Å². The summed E-state index contributed by atoms with van der Waals surface area (Å²) in [5.41, 5.74) is 8.87. The maximum absolute atomic E-state index is 5.57. The summed E-state index contributed by atoms with van der Waals surface area (Å²) in [4.78, 5) is 4.55. The molecule has 2 aromatic rings. The van der Waals surface area contributed by atoms with Gasteiger partial charge in [0.2, 0.25) is 0 Å². The van der Waals surface area contributed by atoms with E-state index in [1.165, 1.54) is 0 Å². The van der Waals surface area contributed by atoms with Gasteiger partial charge in [0.05, 0.1) is 5.69 Å². The Morgan fingerprint density at radius 1 is 1.29 bits per heavy atom. The predicted molar refractivity (Wildman–Crippen MR) is 74.2 cm³/mol. The third kappa shape index (κ3) is 3.05.